The van der Waals surface area contributed by atoms with Crippen molar-refractivity contribution in [2.75, 3.05) is 5.32 Å². The highest BCUT2D eigenvalue weighted by Gasteiger charge is 2.38. The molecule has 2 N–H and O–H groups in total. The van der Waals surface area contributed by atoms with Crippen LogP contribution in [-0.4, -0.2) is 22.0 Å². The predicted octanol–water partition coefficient (Wildman–Crippen LogP) is 2.50. The molecule has 1 aromatic rings. The minimum absolute atomic E-state index is 0.159. The summed E-state index contributed by atoms with van der Waals surface area (Å²) in [7, 11) is 0. The molecule has 19 heavy (non-hydrogen) atoms. The molecule has 0 spiro atoms. The Morgan fingerprint density at radius 2 is 2.05 bits per heavy atom. The molecule has 0 fully saturated rings. The molecule has 0 aliphatic carbocycles. The van der Waals surface area contributed by atoms with E-state index in [-0.39, 0.29) is 5.69 Å². The van der Waals surface area contributed by atoms with Crippen LogP contribution in [0.2, 0.25) is 0 Å². The normalized spacial score (nSPS) is 12.8. The molecule has 1 aromatic carbocycles. The van der Waals surface area contributed by atoms with Crippen LogP contribution < -0.4 is 5.32 Å². The number of alkyl halides is 3. The maximum Gasteiger partial charge on any atom is 0.423 e. The van der Waals surface area contributed by atoms with Crippen LogP contribution in [0.4, 0.5) is 24.5 Å². The number of carboxylic acid groups (broad SMARTS) is 1. The number of hydrogen-bond acceptors (Lipinski definition) is 4. The third kappa shape index (κ3) is 3.57. The smallest absolute Gasteiger partial charge is 0.423 e. The van der Waals surface area contributed by atoms with E-state index >= 15 is 0 Å². The molecule has 0 unspecified atom stereocenters. The van der Waals surface area contributed by atoms with Crippen LogP contribution in [0.15, 0.2) is 18.2 Å². The average Bonchev–Trinajstić information content (AvgIpc) is 2.27. The zero-order chi connectivity index (χ0) is 14.8. The first-order valence-corrected chi connectivity index (χ1v) is 4.98. The number of halogens is 3. The highest BCUT2D eigenvalue weighted by Crippen LogP contribution is 2.37. The van der Waals surface area contributed by atoms with Gasteiger partial charge in [0, 0.05) is 11.8 Å². The van der Waals surface area contributed by atoms with Crippen LogP contribution >= 0.6 is 0 Å². The summed E-state index contributed by atoms with van der Waals surface area (Å²) in [6, 6.07) is 1.09. The molecular weight excluding hydrogens is 269 g/mol. The van der Waals surface area contributed by atoms with Crippen LogP contribution in [0.1, 0.15) is 12.5 Å². The van der Waals surface area contributed by atoms with E-state index in [1.165, 1.54) is 6.92 Å². The molecule has 1 atom stereocenters. The van der Waals surface area contributed by atoms with Gasteiger partial charge in [0.05, 0.1) is 4.92 Å². The van der Waals surface area contributed by atoms with Gasteiger partial charge in [-0.05, 0) is 19.1 Å². The lowest BCUT2D eigenvalue weighted by atomic mass is 10.1. The number of nitrogens with one attached hydrogen (secondary N) is 1. The summed E-state index contributed by atoms with van der Waals surface area (Å²) in [5.74, 6) is -1.26. The van der Waals surface area contributed by atoms with Crippen molar-refractivity contribution in [1.82, 2.24) is 0 Å². The van der Waals surface area contributed by atoms with Crippen molar-refractivity contribution < 1.29 is 28.0 Å². The van der Waals surface area contributed by atoms with Crippen LogP contribution in [0.3, 0.4) is 0 Å². The Morgan fingerprint density at radius 1 is 1.47 bits per heavy atom. The number of carboxylic acids is 1. The number of nitrogens with zero attached hydrogens (tertiary/aromatic N) is 1. The minimum Gasteiger partial charge on any atom is -0.480 e. The number of aliphatic carboxylic acids is 1. The van der Waals surface area contributed by atoms with Gasteiger partial charge >= 0.3 is 12.1 Å². The van der Waals surface area contributed by atoms with Crippen LogP contribution in [-0.2, 0) is 11.0 Å². The van der Waals surface area contributed by atoms with Crippen LogP contribution in [0, 0.1) is 10.1 Å². The van der Waals surface area contributed by atoms with Crippen molar-refractivity contribution in [3.63, 3.8) is 0 Å². The summed E-state index contributed by atoms with van der Waals surface area (Å²) in [6.45, 7) is 1.23. The fourth-order valence-electron chi connectivity index (χ4n) is 1.32. The van der Waals surface area contributed by atoms with Gasteiger partial charge in [-0.3, -0.25) is 14.9 Å². The number of nitro benzene ring substituents is 1. The monoisotopic (exact) mass is 278 g/mol. The van der Waals surface area contributed by atoms with E-state index in [1.54, 1.807) is 0 Å². The first-order chi connectivity index (χ1) is 8.62. The van der Waals surface area contributed by atoms with E-state index < -0.39 is 34.4 Å². The second kappa shape index (κ2) is 5.12. The predicted molar refractivity (Wildman–Crippen MR) is 58.8 cm³/mol. The second-order valence-electron chi connectivity index (χ2n) is 3.69. The fourth-order valence-corrected chi connectivity index (χ4v) is 1.32. The van der Waals surface area contributed by atoms with E-state index in [4.69, 9.17) is 5.11 Å². The molecule has 0 heterocycles. The summed E-state index contributed by atoms with van der Waals surface area (Å²) in [5, 5.41) is 21.4. The zero-order valence-corrected chi connectivity index (χ0v) is 9.56. The van der Waals surface area contributed by atoms with Crippen molar-refractivity contribution in [2.45, 2.75) is 19.1 Å². The molecule has 0 amide bonds. The zero-order valence-electron chi connectivity index (χ0n) is 9.56. The first-order valence-electron chi connectivity index (χ1n) is 4.98. The Hall–Kier alpha value is -2.32. The lowest BCUT2D eigenvalue weighted by Crippen LogP contribution is -2.25. The minimum atomic E-state index is -4.90. The summed E-state index contributed by atoms with van der Waals surface area (Å²) in [4.78, 5) is 19.9. The van der Waals surface area contributed by atoms with Crippen molar-refractivity contribution in [2.24, 2.45) is 0 Å². The Morgan fingerprint density at radius 3 is 2.47 bits per heavy atom. The molecular formula is C10H9F3N2O4. The van der Waals surface area contributed by atoms with Crippen LogP contribution in [0.25, 0.3) is 0 Å². The largest absolute Gasteiger partial charge is 0.480 e. The Balaban J connectivity index is 3.19. The van der Waals surface area contributed by atoms with Crippen molar-refractivity contribution in [1.29, 1.82) is 0 Å². The third-order valence-corrected chi connectivity index (χ3v) is 2.25. The van der Waals surface area contributed by atoms with Gasteiger partial charge < -0.3 is 10.4 Å². The molecule has 0 radical (unpaired) electrons. The van der Waals surface area contributed by atoms with E-state index in [1.807, 2.05) is 0 Å². The SMILES string of the molecule is C[C@H](Nc1ccc([N+](=O)[O-])c(C(F)(F)F)c1)C(=O)O. The summed E-state index contributed by atoms with van der Waals surface area (Å²) < 4.78 is 37.9. The average molecular weight is 278 g/mol. The van der Waals surface area contributed by atoms with Gasteiger partial charge in [-0.15, -0.1) is 0 Å². The summed E-state index contributed by atoms with van der Waals surface area (Å²) in [6.07, 6.45) is -4.90. The Labute approximate surface area is 105 Å². The van der Waals surface area contributed by atoms with Gasteiger partial charge in [-0.25, -0.2) is 0 Å². The third-order valence-electron chi connectivity index (χ3n) is 2.25. The van der Waals surface area contributed by atoms with Gasteiger partial charge in [0.25, 0.3) is 5.69 Å². The Bertz CT molecular complexity index is 516. The van der Waals surface area contributed by atoms with Gasteiger partial charge in [0.1, 0.15) is 11.6 Å². The van der Waals surface area contributed by atoms with Crippen molar-refractivity contribution in [3.8, 4) is 0 Å². The number of benzene rings is 1. The maximum atomic E-state index is 12.6. The molecule has 0 aromatic heterocycles. The van der Waals surface area contributed by atoms with E-state index in [0.717, 1.165) is 6.07 Å². The molecule has 0 bridgehead atoms. The molecule has 0 saturated carbocycles. The standard InChI is InChI=1S/C10H9F3N2O4/c1-5(9(16)17)14-6-2-3-8(15(18)19)7(4-6)10(11,12)13/h2-5,14H,1H3,(H,16,17)/t5-/m0/s1. The highest BCUT2D eigenvalue weighted by atomic mass is 19.4. The van der Waals surface area contributed by atoms with E-state index in [0.29, 0.717) is 12.1 Å². The van der Waals surface area contributed by atoms with Gasteiger partial charge in [0.2, 0.25) is 0 Å². The molecule has 0 aliphatic rings. The van der Waals surface area contributed by atoms with Crippen molar-refractivity contribution >= 4 is 17.3 Å². The van der Waals surface area contributed by atoms with Crippen LogP contribution in [0.5, 0.6) is 0 Å². The lowest BCUT2D eigenvalue weighted by Gasteiger charge is -2.13. The molecule has 0 aliphatic heterocycles. The summed E-state index contributed by atoms with van der Waals surface area (Å²) >= 11 is 0. The van der Waals surface area contributed by atoms with Crippen molar-refractivity contribution in [3.05, 3.63) is 33.9 Å². The number of hydrogen-bond donors (Lipinski definition) is 2. The quantitative estimate of drug-likeness (QED) is 0.652. The Kier molecular flexibility index (Phi) is 3.98. The maximum absolute atomic E-state index is 12.6. The number of carbonyl (C=O) groups is 1. The van der Waals surface area contributed by atoms with Gasteiger partial charge in [-0.1, -0.05) is 0 Å². The fraction of sp³-hybridized carbons (Fsp3) is 0.300. The number of rotatable bonds is 4. The molecule has 0 saturated heterocycles. The molecule has 104 valence electrons. The topological polar surface area (TPSA) is 92.5 Å². The second-order valence-corrected chi connectivity index (χ2v) is 3.69. The summed E-state index contributed by atoms with van der Waals surface area (Å²) in [5.41, 5.74) is -2.67. The first kappa shape index (κ1) is 14.7. The van der Waals surface area contributed by atoms with E-state index in [9.17, 15) is 28.1 Å². The highest BCUT2D eigenvalue weighted by molar-refractivity contribution is 5.77. The van der Waals surface area contributed by atoms with Gasteiger partial charge in [0.15, 0.2) is 0 Å². The van der Waals surface area contributed by atoms with E-state index in [2.05, 4.69) is 5.32 Å². The number of nitro groups is 1. The lowest BCUT2D eigenvalue weighted by molar-refractivity contribution is -0.388. The van der Waals surface area contributed by atoms with Gasteiger partial charge in [-0.2, -0.15) is 13.2 Å². The number of anilines is 1. The molecule has 1 rings (SSSR count). The molecule has 6 nitrogen and oxygen atoms in total. The molecule has 9 heteroatoms.